The lowest BCUT2D eigenvalue weighted by molar-refractivity contribution is -0.387. The highest BCUT2D eigenvalue weighted by Gasteiger charge is 2.38. The van der Waals surface area contributed by atoms with Gasteiger partial charge in [-0.1, -0.05) is 6.07 Å². The molecule has 0 amide bonds. The van der Waals surface area contributed by atoms with E-state index in [1.165, 1.54) is 0 Å². The molecule has 0 bridgehead atoms. The van der Waals surface area contributed by atoms with E-state index in [1.807, 2.05) is 0 Å². The van der Waals surface area contributed by atoms with E-state index in [0.29, 0.717) is 12.1 Å². The van der Waals surface area contributed by atoms with Crippen molar-refractivity contribution >= 4 is 5.69 Å². The van der Waals surface area contributed by atoms with Gasteiger partial charge in [-0.25, -0.2) is 8.78 Å². The fraction of sp³-hybridized carbons (Fsp3) is 0.333. The quantitative estimate of drug-likeness (QED) is 0.623. The standard InChI is InChI=1S/C9H9F3N2O3/c10-6-2-1-5(3-7(6)14(16)17)8(13)9(11,12)4-15/h1-3,8,15H,4,13H2/t8-/m0/s1. The maximum Gasteiger partial charge on any atom is 0.305 e. The van der Waals surface area contributed by atoms with E-state index in [9.17, 15) is 23.3 Å². The number of nitrogens with two attached hydrogens (primary N) is 1. The summed E-state index contributed by atoms with van der Waals surface area (Å²) in [5.41, 5.74) is 3.89. The van der Waals surface area contributed by atoms with Gasteiger partial charge in [-0.15, -0.1) is 0 Å². The summed E-state index contributed by atoms with van der Waals surface area (Å²) in [6.45, 7) is -1.50. The third-order valence-corrected chi connectivity index (χ3v) is 2.19. The second-order valence-corrected chi connectivity index (χ2v) is 3.36. The van der Waals surface area contributed by atoms with Crippen LogP contribution in [-0.2, 0) is 0 Å². The smallest absolute Gasteiger partial charge is 0.305 e. The van der Waals surface area contributed by atoms with Crippen LogP contribution < -0.4 is 5.73 Å². The average molecular weight is 250 g/mol. The highest BCUT2D eigenvalue weighted by Crippen LogP contribution is 2.31. The Morgan fingerprint density at radius 3 is 2.59 bits per heavy atom. The van der Waals surface area contributed by atoms with Gasteiger partial charge >= 0.3 is 5.69 Å². The van der Waals surface area contributed by atoms with Crippen LogP contribution in [0.3, 0.4) is 0 Å². The number of nitro benzene ring substituents is 1. The molecule has 5 nitrogen and oxygen atoms in total. The third-order valence-electron chi connectivity index (χ3n) is 2.19. The number of benzene rings is 1. The van der Waals surface area contributed by atoms with Gasteiger partial charge in [-0.3, -0.25) is 10.1 Å². The van der Waals surface area contributed by atoms with Gasteiger partial charge < -0.3 is 10.8 Å². The molecule has 0 aliphatic heterocycles. The van der Waals surface area contributed by atoms with Crippen molar-refractivity contribution in [3.8, 4) is 0 Å². The first-order chi connectivity index (χ1) is 7.79. The topological polar surface area (TPSA) is 89.4 Å². The number of alkyl halides is 2. The molecule has 0 fully saturated rings. The minimum absolute atomic E-state index is 0.322. The zero-order valence-electron chi connectivity index (χ0n) is 8.44. The molecular formula is C9H9F3N2O3. The molecule has 1 aromatic rings. The first-order valence-corrected chi connectivity index (χ1v) is 4.47. The lowest BCUT2D eigenvalue weighted by Crippen LogP contribution is -2.36. The molecule has 0 spiro atoms. The monoisotopic (exact) mass is 250 g/mol. The van der Waals surface area contributed by atoms with Crippen LogP contribution in [0, 0.1) is 15.9 Å². The van der Waals surface area contributed by atoms with Crippen molar-refractivity contribution in [2.75, 3.05) is 6.61 Å². The molecule has 0 unspecified atom stereocenters. The number of hydrogen-bond acceptors (Lipinski definition) is 4. The van der Waals surface area contributed by atoms with E-state index in [0.717, 1.165) is 6.07 Å². The largest absolute Gasteiger partial charge is 0.390 e. The van der Waals surface area contributed by atoms with Crippen molar-refractivity contribution in [3.63, 3.8) is 0 Å². The molecule has 0 heterocycles. The summed E-state index contributed by atoms with van der Waals surface area (Å²) in [5.74, 6) is -4.77. The Bertz CT molecular complexity index is 439. The Morgan fingerprint density at radius 1 is 1.53 bits per heavy atom. The predicted octanol–water partition coefficient (Wildman–Crippen LogP) is 1.36. The maximum atomic E-state index is 13.0. The fourth-order valence-corrected chi connectivity index (χ4v) is 1.21. The fourth-order valence-electron chi connectivity index (χ4n) is 1.21. The van der Waals surface area contributed by atoms with Crippen molar-refractivity contribution in [2.24, 2.45) is 5.73 Å². The normalized spacial score (nSPS) is 13.5. The molecule has 1 aromatic carbocycles. The first-order valence-electron chi connectivity index (χ1n) is 4.47. The van der Waals surface area contributed by atoms with Crippen LogP contribution in [0.5, 0.6) is 0 Å². The Balaban J connectivity index is 3.16. The molecule has 0 radical (unpaired) electrons. The third kappa shape index (κ3) is 2.71. The summed E-state index contributed by atoms with van der Waals surface area (Å²) < 4.78 is 39.0. The number of aliphatic hydroxyl groups excluding tert-OH is 1. The van der Waals surface area contributed by atoms with Crippen LogP contribution in [-0.4, -0.2) is 22.6 Å². The average Bonchev–Trinajstić information content (AvgIpc) is 2.28. The highest BCUT2D eigenvalue weighted by molar-refractivity contribution is 5.38. The SMILES string of the molecule is N[C@@H](c1ccc(F)c([N+](=O)[O-])c1)C(F)(F)CO. The van der Waals surface area contributed by atoms with Crippen LogP contribution in [0.2, 0.25) is 0 Å². The number of aliphatic hydroxyl groups is 1. The van der Waals surface area contributed by atoms with Crippen molar-refractivity contribution < 1.29 is 23.2 Å². The van der Waals surface area contributed by atoms with E-state index in [4.69, 9.17) is 10.8 Å². The van der Waals surface area contributed by atoms with E-state index in [2.05, 4.69) is 0 Å². The van der Waals surface area contributed by atoms with Crippen LogP contribution in [0.1, 0.15) is 11.6 Å². The van der Waals surface area contributed by atoms with E-state index in [-0.39, 0.29) is 5.56 Å². The lowest BCUT2D eigenvalue weighted by Gasteiger charge is -2.21. The summed E-state index contributed by atoms with van der Waals surface area (Å²) in [6.07, 6.45) is 0. The molecule has 3 N–H and O–H groups in total. The van der Waals surface area contributed by atoms with Gasteiger partial charge in [0.25, 0.3) is 5.92 Å². The molecule has 0 aromatic heterocycles. The molecule has 17 heavy (non-hydrogen) atoms. The van der Waals surface area contributed by atoms with Crippen molar-refractivity contribution in [1.29, 1.82) is 0 Å². The molecule has 0 saturated heterocycles. The predicted molar refractivity (Wildman–Crippen MR) is 52.0 cm³/mol. The van der Waals surface area contributed by atoms with E-state index >= 15 is 0 Å². The highest BCUT2D eigenvalue weighted by atomic mass is 19.3. The van der Waals surface area contributed by atoms with Gasteiger partial charge in [0.05, 0.1) is 11.0 Å². The Kier molecular flexibility index (Phi) is 3.69. The lowest BCUT2D eigenvalue weighted by atomic mass is 10.0. The van der Waals surface area contributed by atoms with Crippen molar-refractivity contribution in [2.45, 2.75) is 12.0 Å². The molecule has 0 aliphatic carbocycles. The van der Waals surface area contributed by atoms with Gasteiger partial charge in [0.15, 0.2) is 0 Å². The number of halogens is 3. The molecule has 1 rings (SSSR count). The minimum Gasteiger partial charge on any atom is -0.390 e. The zero-order chi connectivity index (χ0) is 13.2. The van der Waals surface area contributed by atoms with Gasteiger partial charge in [-0.05, 0) is 11.6 Å². The van der Waals surface area contributed by atoms with Gasteiger partial charge in [0, 0.05) is 6.07 Å². The Morgan fingerprint density at radius 2 is 2.12 bits per heavy atom. The molecule has 0 saturated carbocycles. The summed E-state index contributed by atoms with van der Waals surface area (Å²) in [7, 11) is 0. The van der Waals surface area contributed by atoms with Crippen molar-refractivity contribution in [1.82, 2.24) is 0 Å². The maximum absolute atomic E-state index is 13.0. The van der Waals surface area contributed by atoms with Crippen LogP contribution in [0.15, 0.2) is 18.2 Å². The Hall–Kier alpha value is -1.67. The second-order valence-electron chi connectivity index (χ2n) is 3.36. The summed E-state index contributed by atoms with van der Waals surface area (Å²) in [4.78, 5) is 9.36. The van der Waals surface area contributed by atoms with Crippen LogP contribution in [0.4, 0.5) is 18.9 Å². The molecule has 0 aliphatic rings. The number of nitrogens with zero attached hydrogens (tertiary/aromatic N) is 1. The molecule has 1 atom stereocenters. The first kappa shape index (κ1) is 13.4. The van der Waals surface area contributed by atoms with Crippen LogP contribution in [0.25, 0.3) is 0 Å². The Labute approximate surface area is 93.8 Å². The number of hydrogen-bond donors (Lipinski definition) is 2. The van der Waals surface area contributed by atoms with Crippen molar-refractivity contribution in [3.05, 3.63) is 39.7 Å². The number of nitro groups is 1. The molecule has 8 heteroatoms. The van der Waals surface area contributed by atoms with E-state index < -0.39 is 35.0 Å². The van der Waals surface area contributed by atoms with Gasteiger partial charge in [0.1, 0.15) is 6.61 Å². The second kappa shape index (κ2) is 4.68. The van der Waals surface area contributed by atoms with Gasteiger partial charge in [0.2, 0.25) is 5.82 Å². The molecular weight excluding hydrogens is 241 g/mol. The number of rotatable bonds is 4. The zero-order valence-corrected chi connectivity index (χ0v) is 8.44. The van der Waals surface area contributed by atoms with Gasteiger partial charge in [-0.2, -0.15) is 4.39 Å². The van der Waals surface area contributed by atoms with Crippen LogP contribution >= 0.6 is 0 Å². The summed E-state index contributed by atoms with van der Waals surface area (Å²) >= 11 is 0. The summed E-state index contributed by atoms with van der Waals surface area (Å²) in [5, 5.41) is 18.8. The molecule has 94 valence electrons. The minimum atomic E-state index is -3.63. The van der Waals surface area contributed by atoms with E-state index in [1.54, 1.807) is 0 Å². The summed E-state index contributed by atoms with van der Waals surface area (Å²) in [6, 6.07) is 0.285.